The molecule has 1 aromatic heterocycles. The molecule has 1 heterocycles. The Hall–Kier alpha value is -2.42. The fourth-order valence-corrected chi connectivity index (χ4v) is 1.75. The Morgan fingerprint density at radius 2 is 2.19 bits per heavy atom. The lowest BCUT2D eigenvalue weighted by atomic mass is 10.2. The van der Waals surface area contributed by atoms with Crippen LogP contribution in [-0.4, -0.2) is 17.4 Å². The zero-order valence-corrected chi connectivity index (χ0v) is 11.6. The largest absolute Gasteiger partial charge is 0.321 e. The molecule has 0 aliphatic carbocycles. The van der Waals surface area contributed by atoms with E-state index in [1.54, 1.807) is 18.2 Å². The number of nitrogens with two attached hydrogens (primary N) is 1. The number of pyridine rings is 1. The van der Waals surface area contributed by atoms with Crippen molar-refractivity contribution in [1.29, 1.82) is 0 Å². The summed E-state index contributed by atoms with van der Waals surface area (Å²) < 4.78 is 13.1. The van der Waals surface area contributed by atoms with E-state index in [0.717, 1.165) is 12.3 Å². The second-order valence-corrected chi connectivity index (χ2v) is 4.45. The number of carbonyl (C=O) groups is 1. The molecule has 0 atom stereocenters. The molecule has 2 aromatic rings. The number of hydrogen-bond acceptors (Lipinski definition) is 3. The molecule has 0 fully saturated rings. The first kappa shape index (κ1) is 15.0. The second kappa shape index (κ2) is 6.84. The number of hydrogen-bond donors (Lipinski definition) is 2. The van der Waals surface area contributed by atoms with Gasteiger partial charge in [0, 0.05) is 11.8 Å². The minimum absolute atomic E-state index is 0.101. The van der Waals surface area contributed by atoms with Crippen LogP contribution >= 0.6 is 11.6 Å². The zero-order chi connectivity index (χ0) is 15.2. The normalized spacial score (nSPS) is 9.67. The molecule has 2 rings (SSSR count). The maximum Gasteiger partial charge on any atom is 0.257 e. The number of anilines is 1. The van der Waals surface area contributed by atoms with E-state index in [1.165, 1.54) is 6.20 Å². The lowest BCUT2D eigenvalue weighted by molar-refractivity contribution is 0.102. The summed E-state index contributed by atoms with van der Waals surface area (Å²) in [4.78, 5) is 15.6. The third-order valence-electron chi connectivity index (χ3n) is 2.52. The van der Waals surface area contributed by atoms with Crippen molar-refractivity contribution in [3.63, 3.8) is 0 Å². The van der Waals surface area contributed by atoms with Gasteiger partial charge in [0.25, 0.3) is 5.91 Å². The number of aromatic nitrogens is 1. The van der Waals surface area contributed by atoms with Crippen molar-refractivity contribution in [3.8, 4) is 11.8 Å². The van der Waals surface area contributed by atoms with Gasteiger partial charge in [-0.05, 0) is 24.3 Å². The van der Waals surface area contributed by atoms with Crippen molar-refractivity contribution < 1.29 is 9.18 Å². The van der Waals surface area contributed by atoms with Crippen LogP contribution in [0.25, 0.3) is 0 Å². The number of nitrogens with zero attached hydrogens (tertiary/aromatic N) is 1. The summed E-state index contributed by atoms with van der Waals surface area (Å²) >= 11 is 6.02. The van der Waals surface area contributed by atoms with Crippen LogP contribution in [0.4, 0.5) is 10.1 Å². The van der Waals surface area contributed by atoms with Crippen LogP contribution < -0.4 is 11.1 Å². The number of nitrogens with one attached hydrogen (secondary N) is 1. The fourth-order valence-electron chi connectivity index (χ4n) is 1.58. The third-order valence-corrected chi connectivity index (χ3v) is 2.85. The Morgan fingerprint density at radius 3 is 2.90 bits per heavy atom. The number of carbonyl (C=O) groups excluding carboxylic acids is 1. The molecular weight excluding hydrogens is 293 g/mol. The van der Waals surface area contributed by atoms with Gasteiger partial charge in [-0.2, -0.15) is 0 Å². The Kier molecular flexibility index (Phi) is 4.88. The van der Waals surface area contributed by atoms with E-state index in [2.05, 4.69) is 22.1 Å². The summed E-state index contributed by atoms with van der Waals surface area (Å²) in [5.41, 5.74) is 6.45. The first-order valence-corrected chi connectivity index (χ1v) is 6.38. The van der Waals surface area contributed by atoms with Crippen molar-refractivity contribution in [1.82, 2.24) is 4.98 Å². The van der Waals surface area contributed by atoms with Crippen LogP contribution in [0.15, 0.2) is 36.7 Å². The molecule has 0 spiro atoms. The van der Waals surface area contributed by atoms with Gasteiger partial charge in [-0.3, -0.25) is 9.78 Å². The van der Waals surface area contributed by atoms with Crippen LogP contribution in [0.1, 0.15) is 15.9 Å². The molecule has 106 valence electrons. The van der Waals surface area contributed by atoms with Gasteiger partial charge in [0.1, 0.15) is 5.82 Å². The van der Waals surface area contributed by atoms with Crippen molar-refractivity contribution in [2.24, 2.45) is 5.73 Å². The van der Waals surface area contributed by atoms with E-state index in [-0.39, 0.29) is 12.1 Å². The van der Waals surface area contributed by atoms with Crippen LogP contribution in [0.5, 0.6) is 0 Å². The van der Waals surface area contributed by atoms with Gasteiger partial charge < -0.3 is 11.1 Å². The smallest absolute Gasteiger partial charge is 0.257 e. The van der Waals surface area contributed by atoms with Crippen LogP contribution in [0.2, 0.25) is 5.02 Å². The predicted molar refractivity (Wildman–Crippen MR) is 79.5 cm³/mol. The molecule has 0 aliphatic rings. The van der Waals surface area contributed by atoms with Crippen LogP contribution in [0.3, 0.4) is 0 Å². The van der Waals surface area contributed by atoms with E-state index in [1.807, 2.05) is 0 Å². The standard InChI is InChI=1S/C15H11ClFN3O/c16-13-4-3-10(2-1-5-18)6-14(13)20-15(21)11-7-12(17)9-19-8-11/h3-4,6-9H,5,18H2,(H,20,21). The summed E-state index contributed by atoms with van der Waals surface area (Å²) in [5.74, 6) is 4.45. The molecule has 6 heteroatoms. The highest BCUT2D eigenvalue weighted by molar-refractivity contribution is 6.34. The maximum atomic E-state index is 13.1. The van der Waals surface area contributed by atoms with Crippen molar-refractivity contribution in [2.45, 2.75) is 0 Å². The first-order chi connectivity index (χ1) is 10.1. The summed E-state index contributed by atoms with van der Waals surface area (Å²) in [6.45, 7) is 0.235. The zero-order valence-electron chi connectivity index (χ0n) is 10.9. The molecule has 0 unspecified atom stereocenters. The van der Waals surface area contributed by atoms with Crippen molar-refractivity contribution >= 4 is 23.2 Å². The van der Waals surface area contributed by atoms with E-state index in [0.29, 0.717) is 16.3 Å². The molecule has 1 amide bonds. The van der Waals surface area contributed by atoms with Crippen molar-refractivity contribution in [2.75, 3.05) is 11.9 Å². The first-order valence-electron chi connectivity index (χ1n) is 6.00. The summed E-state index contributed by atoms with van der Waals surface area (Å²) in [7, 11) is 0. The molecule has 21 heavy (non-hydrogen) atoms. The third kappa shape index (κ3) is 4.02. The van der Waals surface area contributed by atoms with Gasteiger partial charge >= 0.3 is 0 Å². The number of halogens is 2. The van der Waals surface area contributed by atoms with Gasteiger partial charge in [0.05, 0.1) is 29.0 Å². The predicted octanol–water partition coefficient (Wildman–Crippen LogP) is 2.44. The summed E-state index contributed by atoms with van der Waals surface area (Å²) in [6, 6.07) is 6.04. The molecule has 0 radical (unpaired) electrons. The molecule has 1 aromatic carbocycles. The molecule has 0 saturated carbocycles. The topological polar surface area (TPSA) is 68.0 Å². The Bertz CT molecular complexity index is 737. The highest BCUT2D eigenvalue weighted by atomic mass is 35.5. The average Bonchev–Trinajstić information content (AvgIpc) is 2.48. The fraction of sp³-hybridized carbons (Fsp3) is 0.0667. The number of benzene rings is 1. The minimum Gasteiger partial charge on any atom is -0.321 e. The molecule has 0 bridgehead atoms. The van der Waals surface area contributed by atoms with E-state index in [4.69, 9.17) is 17.3 Å². The van der Waals surface area contributed by atoms with Gasteiger partial charge in [0.15, 0.2) is 0 Å². The maximum absolute atomic E-state index is 13.1. The Balaban J connectivity index is 2.24. The molecule has 3 N–H and O–H groups in total. The average molecular weight is 304 g/mol. The molecule has 0 saturated heterocycles. The van der Waals surface area contributed by atoms with Gasteiger partial charge in [-0.15, -0.1) is 0 Å². The van der Waals surface area contributed by atoms with Crippen LogP contribution in [-0.2, 0) is 0 Å². The number of rotatable bonds is 2. The Labute approximate surface area is 126 Å². The summed E-state index contributed by atoms with van der Waals surface area (Å²) in [5, 5.41) is 2.95. The van der Waals surface area contributed by atoms with Crippen LogP contribution in [0, 0.1) is 17.7 Å². The van der Waals surface area contributed by atoms with Gasteiger partial charge in [0.2, 0.25) is 0 Å². The highest BCUT2D eigenvalue weighted by Gasteiger charge is 2.10. The van der Waals surface area contributed by atoms with E-state index < -0.39 is 11.7 Å². The lowest BCUT2D eigenvalue weighted by Crippen LogP contribution is -2.13. The SMILES string of the molecule is NCC#Cc1ccc(Cl)c(NC(=O)c2cncc(F)c2)c1. The summed E-state index contributed by atoms with van der Waals surface area (Å²) in [6.07, 6.45) is 2.29. The van der Waals surface area contributed by atoms with E-state index >= 15 is 0 Å². The number of amides is 1. The van der Waals surface area contributed by atoms with Crippen molar-refractivity contribution in [3.05, 3.63) is 58.6 Å². The van der Waals surface area contributed by atoms with Gasteiger partial charge in [-0.25, -0.2) is 4.39 Å². The van der Waals surface area contributed by atoms with Gasteiger partial charge in [-0.1, -0.05) is 23.4 Å². The molecule has 0 aliphatic heterocycles. The quantitative estimate of drug-likeness (QED) is 0.837. The Morgan fingerprint density at radius 1 is 1.38 bits per heavy atom. The monoisotopic (exact) mass is 303 g/mol. The minimum atomic E-state index is -0.587. The molecule has 4 nitrogen and oxygen atoms in total. The lowest BCUT2D eigenvalue weighted by Gasteiger charge is -2.07. The second-order valence-electron chi connectivity index (χ2n) is 4.05. The highest BCUT2D eigenvalue weighted by Crippen LogP contribution is 2.23. The van der Waals surface area contributed by atoms with E-state index in [9.17, 15) is 9.18 Å². The molecular formula is C15H11ClFN3O.